The highest BCUT2D eigenvalue weighted by molar-refractivity contribution is 7.98. The summed E-state index contributed by atoms with van der Waals surface area (Å²) in [4.78, 5) is 64.5. The zero-order valence-electron chi connectivity index (χ0n) is 35.0. The second-order valence-corrected chi connectivity index (χ2v) is 16.7. The Labute approximate surface area is 371 Å². The van der Waals surface area contributed by atoms with E-state index in [0.717, 1.165) is 63.3 Å². The molecule has 8 rings (SSSR count). The molecule has 0 unspecified atom stereocenters. The normalized spacial score (nSPS) is 15.0. The zero-order valence-corrected chi connectivity index (χ0v) is 37.5. The van der Waals surface area contributed by atoms with Crippen LogP contribution < -0.4 is 17.2 Å². The maximum absolute atomic E-state index is 11.8. The average Bonchev–Trinajstić information content (AvgIpc) is 4.08. The number of piperidine rings is 2. The Hall–Kier alpha value is -5.75. The van der Waals surface area contributed by atoms with Gasteiger partial charge < -0.3 is 27.0 Å². The Morgan fingerprint density at radius 2 is 1.08 bits per heavy atom. The van der Waals surface area contributed by atoms with Gasteiger partial charge in [0.2, 0.25) is 0 Å². The molecular weight excluding hydrogens is 851 g/mol. The van der Waals surface area contributed by atoms with Crippen molar-refractivity contribution in [3.05, 3.63) is 72.1 Å². The van der Waals surface area contributed by atoms with Crippen LogP contribution in [0.4, 0.5) is 0 Å². The minimum Gasteiger partial charge on any atom is -0.364 e. The predicted octanol–water partition coefficient (Wildman–Crippen LogP) is 3.54. The third-order valence-corrected chi connectivity index (χ3v) is 11.8. The van der Waals surface area contributed by atoms with Gasteiger partial charge in [0.05, 0.1) is 34.9 Å². The Bertz CT molecular complexity index is 2470. The van der Waals surface area contributed by atoms with Crippen LogP contribution in [0.3, 0.4) is 0 Å². The summed E-state index contributed by atoms with van der Waals surface area (Å²) >= 11 is 4.39. The molecule has 2 fully saturated rings. The molecule has 0 aliphatic carbocycles. The van der Waals surface area contributed by atoms with Crippen LogP contribution >= 0.6 is 35.3 Å². The molecule has 326 valence electrons. The number of nitrogens with one attached hydrogen (secondary N) is 1. The van der Waals surface area contributed by atoms with Crippen molar-refractivity contribution in [1.82, 2.24) is 69.5 Å². The minimum atomic E-state index is -0.544. The highest BCUT2D eigenvalue weighted by Gasteiger charge is 2.26. The number of hydrogen-bond acceptors (Lipinski definition) is 17. The SMILES string of the molecule is CSc1nccc(-c2cc(C(N)=O)[nH]n2)n1.CSc1nccc(-c2cc(C(N)=O)n(C3CCN(C)CC3)n2)n1.CSc1nccc(-c2cc(C(N)=O)nn2C2CCN(C)CC2)n1. The van der Waals surface area contributed by atoms with E-state index < -0.39 is 17.7 Å². The fourth-order valence-electron chi connectivity index (χ4n) is 6.77. The highest BCUT2D eigenvalue weighted by Crippen LogP contribution is 2.30. The molecule has 6 aromatic rings. The lowest BCUT2D eigenvalue weighted by Crippen LogP contribution is -2.33. The molecule has 8 heterocycles. The average molecular weight is 900 g/mol. The van der Waals surface area contributed by atoms with Gasteiger partial charge in [0.25, 0.3) is 17.7 Å². The first-order valence-corrected chi connectivity index (χ1v) is 23.2. The third kappa shape index (κ3) is 11.6. The molecule has 2 aliphatic heterocycles. The van der Waals surface area contributed by atoms with Crippen molar-refractivity contribution in [2.75, 3.05) is 59.0 Å². The van der Waals surface area contributed by atoms with Crippen molar-refractivity contribution in [3.63, 3.8) is 0 Å². The molecule has 62 heavy (non-hydrogen) atoms. The van der Waals surface area contributed by atoms with Gasteiger partial charge in [-0.2, -0.15) is 15.3 Å². The fourth-order valence-corrected chi connectivity index (χ4v) is 7.84. The van der Waals surface area contributed by atoms with Crippen molar-refractivity contribution < 1.29 is 14.4 Å². The lowest BCUT2D eigenvalue weighted by molar-refractivity contribution is 0.0977. The van der Waals surface area contributed by atoms with Gasteiger partial charge in [0.1, 0.15) is 22.8 Å². The van der Waals surface area contributed by atoms with Gasteiger partial charge in [-0.3, -0.25) is 28.8 Å². The molecule has 20 nitrogen and oxygen atoms in total. The van der Waals surface area contributed by atoms with Crippen molar-refractivity contribution in [3.8, 4) is 34.2 Å². The van der Waals surface area contributed by atoms with E-state index in [1.54, 1.807) is 53.6 Å². The molecule has 0 radical (unpaired) electrons. The standard InChI is InChI=1S/2C15H20N6OS.C9H9N5OS/c1-20-7-4-10(5-8-20)21-13(9-12(19-21)14(16)22)11-3-6-17-15(18-11)23-2;1-20-7-4-10(5-8-20)21-13(14(16)22)9-12(19-21)11-3-6-17-15(18-11)23-2;1-16-9-11-3-2-5(12-9)6-4-7(8(10)15)14-13-6/h2*3,6,9-10H,4-5,7-8H2,1-2H3,(H2,16,22);2-4H,1H3,(H2,10,15)(H,13,14). The van der Waals surface area contributed by atoms with Gasteiger partial charge in [-0.05, 0) is 121 Å². The predicted molar refractivity (Wildman–Crippen MR) is 239 cm³/mol. The van der Waals surface area contributed by atoms with Crippen molar-refractivity contribution >= 4 is 53.0 Å². The molecule has 6 aromatic heterocycles. The number of nitrogens with zero attached hydrogens (tertiary/aromatic N) is 13. The first kappa shape index (κ1) is 45.8. The number of primary amides is 3. The summed E-state index contributed by atoms with van der Waals surface area (Å²) in [5, 5.41) is 17.6. The van der Waals surface area contributed by atoms with Gasteiger partial charge >= 0.3 is 0 Å². The highest BCUT2D eigenvalue weighted by atomic mass is 32.2. The molecule has 2 aliphatic rings. The first-order valence-electron chi connectivity index (χ1n) is 19.5. The summed E-state index contributed by atoms with van der Waals surface area (Å²) < 4.78 is 3.70. The Kier molecular flexibility index (Phi) is 15.8. The molecular formula is C39H49N17O3S3. The molecule has 0 spiro atoms. The van der Waals surface area contributed by atoms with Crippen LogP contribution in [0.1, 0.15) is 69.2 Å². The summed E-state index contributed by atoms with van der Waals surface area (Å²) in [7, 11) is 4.22. The van der Waals surface area contributed by atoms with Gasteiger partial charge in [0, 0.05) is 18.6 Å². The van der Waals surface area contributed by atoms with Crippen LogP contribution in [0.2, 0.25) is 0 Å². The van der Waals surface area contributed by atoms with E-state index in [4.69, 9.17) is 17.2 Å². The largest absolute Gasteiger partial charge is 0.364 e. The second-order valence-electron chi connectivity index (χ2n) is 14.3. The second kappa shape index (κ2) is 21.4. The smallest absolute Gasteiger partial charge is 0.269 e. The van der Waals surface area contributed by atoms with Crippen LogP contribution in [0.25, 0.3) is 34.2 Å². The Morgan fingerprint density at radius 1 is 0.597 bits per heavy atom. The number of carbonyl (C=O) groups excluding carboxylic acids is 3. The maximum atomic E-state index is 11.8. The lowest BCUT2D eigenvalue weighted by atomic mass is 10.1. The van der Waals surface area contributed by atoms with Gasteiger partial charge in [0.15, 0.2) is 21.2 Å². The molecule has 0 saturated carbocycles. The van der Waals surface area contributed by atoms with Crippen molar-refractivity contribution in [1.29, 1.82) is 0 Å². The third-order valence-electron chi connectivity index (χ3n) is 10.1. The number of carbonyl (C=O) groups is 3. The van der Waals surface area contributed by atoms with Crippen LogP contribution in [0, 0.1) is 0 Å². The minimum absolute atomic E-state index is 0.198. The number of amides is 3. The fraction of sp³-hybridized carbons (Fsp3) is 0.385. The van der Waals surface area contributed by atoms with E-state index in [0.29, 0.717) is 43.9 Å². The zero-order chi connectivity index (χ0) is 44.3. The Balaban J connectivity index is 0.000000158. The number of aromatic nitrogens is 12. The number of H-pyrrole nitrogens is 1. The topological polar surface area (TPSA) is 277 Å². The van der Waals surface area contributed by atoms with Gasteiger partial charge in [-0.25, -0.2) is 29.9 Å². The summed E-state index contributed by atoms with van der Waals surface area (Å²) in [6.45, 7) is 4.00. The maximum Gasteiger partial charge on any atom is 0.269 e. The molecule has 3 amide bonds. The first-order chi connectivity index (χ1) is 29.9. The number of thioether (sulfide) groups is 3. The number of rotatable bonds is 11. The van der Waals surface area contributed by atoms with Gasteiger partial charge in [-0.1, -0.05) is 35.3 Å². The summed E-state index contributed by atoms with van der Waals surface area (Å²) in [6.07, 6.45) is 14.7. The number of aromatic amines is 1. The van der Waals surface area contributed by atoms with Crippen molar-refractivity contribution in [2.45, 2.75) is 53.2 Å². The monoisotopic (exact) mass is 899 g/mol. The van der Waals surface area contributed by atoms with Crippen LogP contribution in [-0.2, 0) is 0 Å². The number of likely N-dealkylation sites (tertiary alicyclic amines) is 2. The van der Waals surface area contributed by atoms with Crippen LogP contribution in [-0.4, -0.2) is 146 Å². The molecule has 0 atom stereocenters. The summed E-state index contributed by atoms with van der Waals surface area (Å²) in [6, 6.07) is 10.8. The van der Waals surface area contributed by atoms with Gasteiger partial charge in [-0.15, -0.1) is 0 Å². The van der Waals surface area contributed by atoms with Crippen molar-refractivity contribution in [2.24, 2.45) is 17.2 Å². The van der Waals surface area contributed by atoms with E-state index in [9.17, 15) is 14.4 Å². The lowest BCUT2D eigenvalue weighted by Gasteiger charge is -2.30. The van der Waals surface area contributed by atoms with Crippen LogP contribution in [0.5, 0.6) is 0 Å². The number of hydrogen-bond donors (Lipinski definition) is 4. The van der Waals surface area contributed by atoms with E-state index in [-0.39, 0.29) is 23.5 Å². The molecule has 0 aromatic carbocycles. The van der Waals surface area contributed by atoms with E-state index in [1.807, 2.05) is 29.5 Å². The van der Waals surface area contributed by atoms with Crippen LogP contribution in [0.15, 0.2) is 70.5 Å². The summed E-state index contributed by atoms with van der Waals surface area (Å²) in [5.74, 6) is -1.52. The molecule has 0 bridgehead atoms. The summed E-state index contributed by atoms with van der Waals surface area (Å²) in [5.41, 5.74) is 21.3. The molecule has 7 N–H and O–H groups in total. The molecule has 2 saturated heterocycles. The molecule has 23 heteroatoms. The van der Waals surface area contributed by atoms with E-state index in [2.05, 4.69) is 74.2 Å². The Morgan fingerprint density at radius 3 is 1.55 bits per heavy atom. The van der Waals surface area contributed by atoms with E-state index >= 15 is 0 Å². The number of nitrogens with two attached hydrogens (primary N) is 3. The van der Waals surface area contributed by atoms with E-state index in [1.165, 1.54) is 35.3 Å². The quantitative estimate of drug-likeness (QED) is 0.107.